The zero-order valence-corrected chi connectivity index (χ0v) is 21.6. The standard InChI is InChI=1S/C25H29N3O5S2/c1-16-5-4-6-20(13-16)28-35(30,31)22-15-19(7-8-21(22)32-3)24-17(2)26-25(34-24)27-23(29)14-18-9-11-33-12-10-18/h4-8,13,15,18,28H,9-12,14H2,1-3H3,(H,26,27,29). The van der Waals surface area contributed by atoms with Crippen molar-refractivity contribution in [2.24, 2.45) is 5.92 Å². The highest BCUT2D eigenvalue weighted by Gasteiger charge is 2.23. The molecule has 8 nitrogen and oxygen atoms in total. The second kappa shape index (κ2) is 10.8. The Balaban J connectivity index is 1.57. The molecular formula is C25H29N3O5S2. The summed E-state index contributed by atoms with van der Waals surface area (Å²) in [4.78, 5) is 17.8. The van der Waals surface area contributed by atoms with Crippen LogP contribution in [-0.4, -0.2) is 39.6 Å². The van der Waals surface area contributed by atoms with Crippen LogP contribution < -0.4 is 14.8 Å². The normalized spacial score (nSPS) is 14.5. The van der Waals surface area contributed by atoms with Crippen molar-refractivity contribution in [2.75, 3.05) is 30.4 Å². The summed E-state index contributed by atoms with van der Waals surface area (Å²) in [5.74, 6) is 0.484. The Morgan fingerprint density at radius 3 is 2.66 bits per heavy atom. The lowest BCUT2D eigenvalue weighted by Gasteiger charge is -2.20. The van der Waals surface area contributed by atoms with Crippen molar-refractivity contribution in [1.82, 2.24) is 4.98 Å². The van der Waals surface area contributed by atoms with Crippen molar-refractivity contribution < 1.29 is 22.7 Å². The Bertz CT molecular complexity index is 1310. The molecule has 1 amide bonds. The van der Waals surface area contributed by atoms with Gasteiger partial charge in [-0.15, -0.1) is 0 Å². The lowest BCUT2D eigenvalue weighted by Crippen LogP contribution is -2.22. The highest BCUT2D eigenvalue weighted by Crippen LogP contribution is 2.37. The van der Waals surface area contributed by atoms with E-state index in [0.29, 0.717) is 47.6 Å². The van der Waals surface area contributed by atoms with E-state index in [2.05, 4.69) is 15.0 Å². The van der Waals surface area contributed by atoms with Crippen LogP contribution in [0.4, 0.5) is 10.8 Å². The third-order valence-corrected chi connectivity index (χ3v) is 8.37. The first-order valence-corrected chi connectivity index (χ1v) is 13.7. The molecule has 1 saturated heterocycles. The van der Waals surface area contributed by atoms with E-state index in [0.717, 1.165) is 23.3 Å². The van der Waals surface area contributed by atoms with E-state index >= 15 is 0 Å². The predicted octanol–water partition coefficient (Wildman–Crippen LogP) is 4.99. The summed E-state index contributed by atoms with van der Waals surface area (Å²) < 4.78 is 39.8. The molecule has 0 bridgehead atoms. The van der Waals surface area contributed by atoms with E-state index in [4.69, 9.17) is 9.47 Å². The average molecular weight is 516 g/mol. The molecule has 2 aromatic carbocycles. The van der Waals surface area contributed by atoms with Gasteiger partial charge in [0.05, 0.1) is 17.7 Å². The van der Waals surface area contributed by atoms with Crippen molar-refractivity contribution >= 4 is 38.1 Å². The molecule has 1 aromatic heterocycles. The molecule has 0 atom stereocenters. The molecule has 1 fully saturated rings. The highest BCUT2D eigenvalue weighted by atomic mass is 32.2. The topological polar surface area (TPSA) is 107 Å². The number of nitrogens with one attached hydrogen (secondary N) is 2. The van der Waals surface area contributed by atoms with Crippen LogP contribution in [0.1, 0.15) is 30.5 Å². The third kappa shape index (κ3) is 6.19. The van der Waals surface area contributed by atoms with Crippen LogP contribution >= 0.6 is 11.3 Å². The monoisotopic (exact) mass is 515 g/mol. The molecule has 2 heterocycles. The molecule has 10 heteroatoms. The van der Waals surface area contributed by atoms with E-state index in [1.807, 2.05) is 19.9 Å². The van der Waals surface area contributed by atoms with Gasteiger partial charge in [-0.1, -0.05) is 23.5 Å². The van der Waals surface area contributed by atoms with Crippen LogP contribution in [-0.2, 0) is 19.6 Å². The van der Waals surface area contributed by atoms with Crippen LogP contribution in [0.2, 0.25) is 0 Å². The van der Waals surface area contributed by atoms with Gasteiger partial charge in [0.1, 0.15) is 10.6 Å². The molecule has 35 heavy (non-hydrogen) atoms. The quantitative estimate of drug-likeness (QED) is 0.438. The van der Waals surface area contributed by atoms with Crippen molar-refractivity contribution in [3.8, 4) is 16.2 Å². The van der Waals surface area contributed by atoms with Gasteiger partial charge in [-0.05, 0) is 74.1 Å². The molecule has 186 valence electrons. The smallest absolute Gasteiger partial charge is 0.265 e. The fourth-order valence-corrected chi connectivity index (χ4v) is 6.27. The van der Waals surface area contributed by atoms with Crippen molar-refractivity contribution in [3.05, 3.63) is 53.7 Å². The number of carbonyl (C=O) groups is 1. The summed E-state index contributed by atoms with van der Waals surface area (Å²) in [7, 11) is -2.48. The lowest BCUT2D eigenvalue weighted by molar-refractivity contribution is -0.117. The van der Waals surface area contributed by atoms with Crippen LogP contribution in [0.25, 0.3) is 10.4 Å². The Hall–Kier alpha value is -2.95. The van der Waals surface area contributed by atoms with Gasteiger partial charge in [0.2, 0.25) is 5.91 Å². The number of aromatic nitrogens is 1. The first-order valence-electron chi connectivity index (χ1n) is 11.4. The molecular weight excluding hydrogens is 486 g/mol. The van der Waals surface area contributed by atoms with Gasteiger partial charge in [0.25, 0.3) is 10.0 Å². The number of hydrogen-bond acceptors (Lipinski definition) is 7. The Morgan fingerprint density at radius 2 is 1.94 bits per heavy atom. The lowest BCUT2D eigenvalue weighted by atomic mass is 9.96. The summed E-state index contributed by atoms with van der Waals surface area (Å²) in [6.45, 7) is 5.12. The number of carbonyl (C=O) groups excluding carboxylic acids is 1. The second-order valence-electron chi connectivity index (χ2n) is 8.58. The number of sulfonamides is 1. The minimum Gasteiger partial charge on any atom is -0.495 e. The minimum absolute atomic E-state index is 0.0249. The van der Waals surface area contributed by atoms with Gasteiger partial charge in [0.15, 0.2) is 5.13 Å². The van der Waals surface area contributed by atoms with Gasteiger partial charge < -0.3 is 14.8 Å². The predicted molar refractivity (Wildman–Crippen MR) is 138 cm³/mol. The van der Waals surface area contributed by atoms with Crippen LogP contribution in [0.15, 0.2) is 47.4 Å². The van der Waals surface area contributed by atoms with Crippen LogP contribution in [0.3, 0.4) is 0 Å². The Kier molecular flexibility index (Phi) is 7.73. The fraction of sp³-hybridized carbons (Fsp3) is 0.360. The first kappa shape index (κ1) is 25.2. The first-order chi connectivity index (χ1) is 16.7. The van der Waals surface area contributed by atoms with Gasteiger partial charge in [-0.2, -0.15) is 0 Å². The number of hydrogen-bond donors (Lipinski definition) is 2. The number of thiazole rings is 1. The number of aryl methyl sites for hydroxylation is 2. The third-order valence-electron chi connectivity index (χ3n) is 5.84. The highest BCUT2D eigenvalue weighted by molar-refractivity contribution is 7.92. The maximum absolute atomic E-state index is 13.2. The maximum atomic E-state index is 13.2. The van der Waals surface area contributed by atoms with Gasteiger partial charge >= 0.3 is 0 Å². The number of anilines is 2. The molecule has 0 aliphatic carbocycles. The fourth-order valence-electron chi connectivity index (χ4n) is 4.05. The second-order valence-corrected chi connectivity index (χ2v) is 11.2. The summed E-state index contributed by atoms with van der Waals surface area (Å²) >= 11 is 1.32. The average Bonchev–Trinajstić information content (AvgIpc) is 3.18. The Labute approximate surface area is 209 Å². The zero-order valence-electron chi connectivity index (χ0n) is 20.0. The summed E-state index contributed by atoms with van der Waals surface area (Å²) in [5, 5.41) is 3.39. The van der Waals surface area contributed by atoms with Gasteiger partial charge in [0, 0.05) is 25.3 Å². The number of benzene rings is 2. The zero-order chi connectivity index (χ0) is 25.0. The summed E-state index contributed by atoms with van der Waals surface area (Å²) in [5.41, 5.74) is 2.80. The Morgan fingerprint density at radius 1 is 1.17 bits per heavy atom. The van der Waals surface area contributed by atoms with Crippen molar-refractivity contribution in [1.29, 1.82) is 0 Å². The molecule has 0 spiro atoms. The SMILES string of the molecule is COc1ccc(-c2sc(NC(=O)CC3CCOCC3)nc2C)cc1S(=O)(=O)Nc1cccc(C)c1. The van der Waals surface area contributed by atoms with E-state index in [1.165, 1.54) is 18.4 Å². The molecule has 0 radical (unpaired) electrons. The molecule has 4 rings (SSSR count). The van der Waals surface area contributed by atoms with E-state index in [-0.39, 0.29) is 16.6 Å². The molecule has 1 aliphatic heterocycles. The van der Waals surface area contributed by atoms with E-state index < -0.39 is 10.0 Å². The van der Waals surface area contributed by atoms with E-state index in [1.54, 1.807) is 36.4 Å². The molecule has 2 N–H and O–H groups in total. The van der Waals surface area contributed by atoms with Crippen molar-refractivity contribution in [2.45, 2.75) is 38.0 Å². The molecule has 0 saturated carbocycles. The molecule has 1 aliphatic rings. The number of methoxy groups -OCH3 is 1. The van der Waals surface area contributed by atoms with Gasteiger partial charge in [-0.25, -0.2) is 13.4 Å². The number of rotatable bonds is 8. The largest absolute Gasteiger partial charge is 0.495 e. The maximum Gasteiger partial charge on any atom is 0.265 e. The number of nitrogens with zero attached hydrogens (tertiary/aromatic N) is 1. The van der Waals surface area contributed by atoms with Gasteiger partial charge in [-0.3, -0.25) is 9.52 Å². The number of amides is 1. The summed E-state index contributed by atoms with van der Waals surface area (Å²) in [6, 6.07) is 12.1. The van der Waals surface area contributed by atoms with E-state index in [9.17, 15) is 13.2 Å². The summed E-state index contributed by atoms with van der Waals surface area (Å²) in [6.07, 6.45) is 2.21. The molecule has 0 unspecified atom stereocenters. The van der Waals surface area contributed by atoms with Crippen molar-refractivity contribution in [3.63, 3.8) is 0 Å². The van der Waals surface area contributed by atoms with Crippen LogP contribution in [0, 0.1) is 19.8 Å². The molecule has 3 aromatic rings. The minimum atomic E-state index is -3.92. The van der Waals surface area contributed by atoms with Crippen LogP contribution in [0.5, 0.6) is 5.75 Å². The number of ether oxygens (including phenoxy) is 2.